The summed E-state index contributed by atoms with van der Waals surface area (Å²) < 4.78 is 6.15. The SMILES string of the molecule is COc1ccc(CSc2ncccc2Cl)cc1Br. The minimum atomic E-state index is 0.690. The van der Waals surface area contributed by atoms with Gasteiger partial charge in [-0.2, -0.15) is 0 Å². The summed E-state index contributed by atoms with van der Waals surface area (Å²) in [5.41, 5.74) is 1.19. The molecule has 0 fully saturated rings. The second-order valence-corrected chi connectivity index (χ2v) is 5.77. The molecule has 0 N–H and O–H groups in total. The molecule has 0 aliphatic rings. The van der Waals surface area contributed by atoms with E-state index in [4.69, 9.17) is 16.3 Å². The molecule has 18 heavy (non-hydrogen) atoms. The number of hydrogen-bond donors (Lipinski definition) is 0. The Morgan fingerprint density at radius 2 is 2.22 bits per heavy atom. The molecule has 94 valence electrons. The van der Waals surface area contributed by atoms with Crippen molar-refractivity contribution in [1.29, 1.82) is 0 Å². The Morgan fingerprint density at radius 3 is 2.89 bits per heavy atom. The van der Waals surface area contributed by atoms with Crippen molar-refractivity contribution in [3.05, 3.63) is 51.6 Å². The summed E-state index contributed by atoms with van der Waals surface area (Å²) in [6.45, 7) is 0. The molecule has 0 saturated heterocycles. The van der Waals surface area contributed by atoms with Crippen LogP contribution in [0.2, 0.25) is 5.02 Å². The van der Waals surface area contributed by atoms with Gasteiger partial charge < -0.3 is 4.74 Å². The molecule has 0 radical (unpaired) electrons. The van der Waals surface area contributed by atoms with Gasteiger partial charge in [-0.1, -0.05) is 17.7 Å². The Morgan fingerprint density at radius 1 is 1.39 bits per heavy atom. The van der Waals surface area contributed by atoms with Crippen LogP contribution in [0.25, 0.3) is 0 Å². The van der Waals surface area contributed by atoms with Gasteiger partial charge in [0.15, 0.2) is 0 Å². The van der Waals surface area contributed by atoms with Gasteiger partial charge in [-0.25, -0.2) is 4.98 Å². The third-order valence-corrected chi connectivity index (χ3v) is 4.43. The lowest BCUT2D eigenvalue weighted by Crippen LogP contribution is -1.87. The third-order valence-electron chi connectivity index (χ3n) is 2.32. The van der Waals surface area contributed by atoms with E-state index >= 15 is 0 Å². The fourth-order valence-corrected chi connectivity index (χ4v) is 3.13. The summed E-state index contributed by atoms with van der Waals surface area (Å²) in [5, 5.41) is 1.54. The van der Waals surface area contributed by atoms with E-state index in [9.17, 15) is 0 Å². The van der Waals surface area contributed by atoms with E-state index in [0.717, 1.165) is 21.0 Å². The predicted molar refractivity (Wildman–Crippen MR) is 79.5 cm³/mol. The van der Waals surface area contributed by atoms with Crippen molar-refractivity contribution in [2.45, 2.75) is 10.8 Å². The molecule has 0 amide bonds. The molecule has 0 saturated carbocycles. The molecule has 2 nitrogen and oxygen atoms in total. The molecular formula is C13H11BrClNOS. The number of rotatable bonds is 4. The zero-order valence-electron chi connectivity index (χ0n) is 9.69. The first-order valence-electron chi connectivity index (χ1n) is 5.26. The molecule has 0 atom stereocenters. The van der Waals surface area contributed by atoms with Crippen LogP contribution in [0.5, 0.6) is 5.75 Å². The number of pyridine rings is 1. The average molecular weight is 345 g/mol. The Labute approximate surface area is 124 Å². The van der Waals surface area contributed by atoms with Crippen molar-refractivity contribution in [2.75, 3.05) is 7.11 Å². The first kappa shape index (κ1) is 13.7. The number of hydrogen-bond acceptors (Lipinski definition) is 3. The summed E-state index contributed by atoms with van der Waals surface area (Å²) in [7, 11) is 1.65. The van der Waals surface area contributed by atoms with Crippen LogP contribution in [0.15, 0.2) is 46.0 Å². The minimum absolute atomic E-state index is 0.690. The number of thioether (sulfide) groups is 1. The highest BCUT2D eigenvalue weighted by atomic mass is 79.9. The lowest BCUT2D eigenvalue weighted by molar-refractivity contribution is 0.412. The fraction of sp³-hybridized carbons (Fsp3) is 0.154. The van der Waals surface area contributed by atoms with E-state index in [1.807, 2.05) is 30.3 Å². The van der Waals surface area contributed by atoms with Gasteiger partial charge in [-0.05, 0) is 45.8 Å². The molecule has 0 bridgehead atoms. The van der Waals surface area contributed by atoms with E-state index in [1.165, 1.54) is 5.56 Å². The second kappa shape index (κ2) is 6.45. The van der Waals surface area contributed by atoms with Gasteiger partial charge >= 0.3 is 0 Å². The van der Waals surface area contributed by atoms with Crippen molar-refractivity contribution in [3.8, 4) is 5.75 Å². The molecular weight excluding hydrogens is 334 g/mol. The quantitative estimate of drug-likeness (QED) is 0.744. The molecule has 0 aliphatic carbocycles. The van der Waals surface area contributed by atoms with E-state index in [2.05, 4.69) is 20.9 Å². The normalized spacial score (nSPS) is 10.4. The smallest absolute Gasteiger partial charge is 0.133 e. The number of methoxy groups -OCH3 is 1. The van der Waals surface area contributed by atoms with E-state index in [1.54, 1.807) is 25.1 Å². The summed E-state index contributed by atoms with van der Waals surface area (Å²) in [6.07, 6.45) is 1.75. The van der Waals surface area contributed by atoms with Gasteiger partial charge in [0.05, 0.1) is 16.6 Å². The predicted octanol–water partition coefficient (Wildman–Crippen LogP) is 4.80. The maximum atomic E-state index is 6.06. The number of ether oxygens (including phenoxy) is 1. The second-order valence-electron chi connectivity index (χ2n) is 3.55. The number of nitrogens with zero attached hydrogens (tertiary/aromatic N) is 1. The lowest BCUT2D eigenvalue weighted by Gasteiger charge is -2.06. The monoisotopic (exact) mass is 343 g/mol. The maximum Gasteiger partial charge on any atom is 0.133 e. The summed E-state index contributed by atoms with van der Waals surface area (Å²) >= 11 is 11.1. The van der Waals surface area contributed by atoms with Crippen LogP contribution in [0.1, 0.15) is 5.56 Å². The van der Waals surface area contributed by atoms with Crippen molar-refractivity contribution in [1.82, 2.24) is 4.98 Å². The van der Waals surface area contributed by atoms with Crippen LogP contribution in [-0.4, -0.2) is 12.1 Å². The van der Waals surface area contributed by atoms with Crippen molar-refractivity contribution < 1.29 is 4.74 Å². The van der Waals surface area contributed by atoms with Gasteiger partial charge in [0.25, 0.3) is 0 Å². The van der Waals surface area contributed by atoms with E-state index in [-0.39, 0.29) is 0 Å². The molecule has 2 rings (SSSR count). The molecule has 1 aromatic carbocycles. The molecule has 1 heterocycles. The van der Waals surface area contributed by atoms with Crippen LogP contribution in [-0.2, 0) is 5.75 Å². The Balaban J connectivity index is 2.07. The van der Waals surface area contributed by atoms with Crippen molar-refractivity contribution in [2.24, 2.45) is 0 Å². The maximum absolute atomic E-state index is 6.06. The molecule has 1 aromatic heterocycles. The van der Waals surface area contributed by atoms with E-state index in [0.29, 0.717) is 5.02 Å². The van der Waals surface area contributed by atoms with Gasteiger partial charge in [0.1, 0.15) is 10.8 Å². The number of benzene rings is 1. The largest absolute Gasteiger partial charge is 0.496 e. The first-order chi connectivity index (χ1) is 8.70. The van der Waals surface area contributed by atoms with Crippen molar-refractivity contribution >= 4 is 39.3 Å². The summed E-state index contributed by atoms with van der Waals surface area (Å²) in [4.78, 5) is 4.24. The van der Waals surface area contributed by atoms with Crippen LogP contribution in [0.4, 0.5) is 0 Å². The highest BCUT2D eigenvalue weighted by molar-refractivity contribution is 9.10. The van der Waals surface area contributed by atoms with Crippen LogP contribution < -0.4 is 4.74 Å². The Bertz CT molecular complexity index is 550. The van der Waals surface area contributed by atoms with Crippen LogP contribution in [0, 0.1) is 0 Å². The summed E-state index contributed by atoms with van der Waals surface area (Å²) in [5.74, 6) is 1.65. The topological polar surface area (TPSA) is 22.1 Å². The standard InChI is InChI=1S/C13H11BrClNOS/c1-17-12-5-4-9(7-10(12)14)8-18-13-11(15)3-2-6-16-13/h2-7H,8H2,1H3. The highest BCUT2D eigenvalue weighted by Crippen LogP contribution is 2.30. The number of halogens is 2. The molecule has 0 unspecified atom stereocenters. The Hall–Kier alpha value is -0.710. The van der Waals surface area contributed by atoms with Gasteiger partial charge in [0, 0.05) is 11.9 Å². The fourth-order valence-electron chi connectivity index (χ4n) is 1.43. The lowest BCUT2D eigenvalue weighted by atomic mass is 10.2. The molecule has 0 aliphatic heterocycles. The van der Waals surface area contributed by atoms with Gasteiger partial charge in [-0.15, -0.1) is 11.8 Å². The molecule has 2 aromatic rings. The van der Waals surface area contributed by atoms with Crippen LogP contribution >= 0.6 is 39.3 Å². The summed E-state index contributed by atoms with van der Waals surface area (Å²) in [6, 6.07) is 9.70. The van der Waals surface area contributed by atoms with Gasteiger partial charge in [-0.3, -0.25) is 0 Å². The zero-order chi connectivity index (χ0) is 13.0. The highest BCUT2D eigenvalue weighted by Gasteiger charge is 2.05. The molecule has 5 heteroatoms. The first-order valence-corrected chi connectivity index (χ1v) is 7.42. The average Bonchev–Trinajstić information content (AvgIpc) is 2.38. The van der Waals surface area contributed by atoms with Gasteiger partial charge in [0.2, 0.25) is 0 Å². The Kier molecular flexibility index (Phi) is 4.92. The zero-order valence-corrected chi connectivity index (χ0v) is 12.8. The van der Waals surface area contributed by atoms with Crippen molar-refractivity contribution in [3.63, 3.8) is 0 Å². The number of aromatic nitrogens is 1. The van der Waals surface area contributed by atoms with E-state index < -0.39 is 0 Å². The third kappa shape index (κ3) is 3.40. The molecule has 0 spiro atoms. The minimum Gasteiger partial charge on any atom is -0.496 e. The van der Waals surface area contributed by atoms with Crippen LogP contribution in [0.3, 0.4) is 0 Å².